The summed E-state index contributed by atoms with van der Waals surface area (Å²) in [7, 11) is 0. The third kappa shape index (κ3) is 1.96. The molecule has 0 aromatic rings. The number of allylic oxidation sites excluding steroid dienone is 2. The average Bonchev–Trinajstić information content (AvgIpc) is 2.97. The molecule has 0 aromatic carbocycles. The average molecular weight is 293 g/mol. The van der Waals surface area contributed by atoms with Gasteiger partial charge in [-0.1, -0.05) is 24.1 Å². The van der Waals surface area contributed by atoms with Crippen molar-refractivity contribution in [2.75, 3.05) is 0 Å². The van der Waals surface area contributed by atoms with E-state index in [1.165, 1.54) is 0 Å². The van der Waals surface area contributed by atoms with Gasteiger partial charge >= 0.3 is 6.16 Å². The first kappa shape index (κ1) is 14.1. The minimum Gasteiger partial charge on any atom is -0.427 e. The smallest absolute Gasteiger partial charge is 0.427 e. The highest BCUT2D eigenvalue weighted by atomic mass is 16.8. The second-order valence-electron chi connectivity index (χ2n) is 7.02. The van der Waals surface area contributed by atoms with Crippen LogP contribution in [-0.4, -0.2) is 28.6 Å². The number of carbonyl (C=O) groups is 3. The van der Waals surface area contributed by atoms with Crippen molar-refractivity contribution in [3.63, 3.8) is 0 Å². The second-order valence-corrected chi connectivity index (χ2v) is 7.02. The highest BCUT2D eigenvalue weighted by molar-refractivity contribution is 6.00. The first-order chi connectivity index (χ1) is 9.67. The number of nitrogens with zero attached hydrogens (tertiary/aromatic N) is 1. The fraction of sp³-hybridized carbons (Fsp3) is 0.667. The van der Waals surface area contributed by atoms with Gasteiger partial charge in [0.1, 0.15) is 5.60 Å². The highest BCUT2D eigenvalue weighted by Gasteiger charge is 2.73. The number of hydrogen-bond acceptors (Lipinski definition) is 5. The van der Waals surface area contributed by atoms with E-state index in [0.29, 0.717) is 5.06 Å². The van der Waals surface area contributed by atoms with Crippen LogP contribution in [0.3, 0.4) is 0 Å². The molecule has 1 aliphatic heterocycles. The van der Waals surface area contributed by atoms with Crippen LogP contribution >= 0.6 is 0 Å². The maximum Gasteiger partial charge on any atom is 0.534 e. The van der Waals surface area contributed by atoms with Gasteiger partial charge in [-0.3, -0.25) is 14.4 Å². The molecule has 2 fully saturated rings. The van der Waals surface area contributed by atoms with Gasteiger partial charge in [-0.15, -0.1) is 0 Å². The molecule has 114 valence electrons. The van der Waals surface area contributed by atoms with Crippen LogP contribution in [0.5, 0.6) is 0 Å². The van der Waals surface area contributed by atoms with Gasteiger partial charge in [0.05, 0.1) is 5.92 Å². The molecule has 2 aliphatic carbocycles. The molecule has 2 amide bonds. The Balaban J connectivity index is 1.75. The van der Waals surface area contributed by atoms with Crippen molar-refractivity contribution in [2.24, 2.45) is 23.2 Å². The van der Waals surface area contributed by atoms with Crippen molar-refractivity contribution in [1.29, 1.82) is 0 Å². The van der Waals surface area contributed by atoms with Crippen LogP contribution in [-0.2, 0) is 19.2 Å². The summed E-state index contributed by atoms with van der Waals surface area (Å²) < 4.78 is 5.00. The number of amides is 2. The molecule has 4 atom stereocenters. The van der Waals surface area contributed by atoms with Crippen molar-refractivity contribution in [3.05, 3.63) is 12.2 Å². The monoisotopic (exact) mass is 293 g/mol. The van der Waals surface area contributed by atoms with Gasteiger partial charge in [0.2, 0.25) is 0 Å². The maximum absolute atomic E-state index is 12.4. The first-order valence-corrected chi connectivity index (χ1v) is 7.14. The summed E-state index contributed by atoms with van der Waals surface area (Å²) in [5.41, 5.74) is -0.942. The van der Waals surface area contributed by atoms with E-state index >= 15 is 0 Å². The molecule has 0 radical (unpaired) electrons. The van der Waals surface area contributed by atoms with E-state index in [-0.39, 0.29) is 29.6 Å². The molecule has 1 saturated carbocycles. The molecule has 3 aliphatic rings. The molecule has 0 bridgehead atoms. The molecule has 6 nitrogen and oxygen atoms in total. The molecule has 1 saturated heterocycles. The molecule has 1 spiro atoms. The van der Waals surface area contributed by atoms with Crippen LogP contribution in [0.25, 0.3) is 0 Å². The predicted octanol–water partition coefficient (Wildman–Crippen LogP) is 2.05. The summed E-state index contributed by atoms with van der Waals surface area (Å²) in [6, 6.07) is 0. The Hall–Kier alpha value is -1.85. The Kier molecular flexibility index (Phi) is 2.74. The highest BCUT2D eigenvalue weighted by Crippen LogP contribution is 2.71. The Morgan fingerprint density at radius 3 is 2.57 bits per heavy atom. The fourth-order valence-corrected chi connectivity index (χ4v) is 3.52. The SMILES string of the molecule is C[C@H]1C2C(=O)N(OC(=O)OC(C)(C)C)C(=O)C[C@H]3C=C[C@]231. The van der Waals surface area contributed by atoms with Crippen LogP contribution in [0.2, 0.25) is 0 Å². The molecule has 1 unspecified atom stereocenters. The zero-order valence-electron chi connectivity index (χ0n) is 12.6. The number of ether oxygens (including phenoxy) is 1. The molecule has 1 heterocycles. The first-order valence-electron chi connectivity index (χ1n) is 7.14. The minimum absolute atomic E-state index is 0.0705. The summed E-state index contributed by atoms with van der Waals surface area (Å²) in [5, 5.41) is 0.601. The Morgan fingerprint density at radius 1 is 1.38 bits per heavy atom. The Labute approximate surface area is 123 Å². The van der Waals surface area contributed by atoms with Gasteiger partial charge in [-0.2, -0.15) is 0 Å². The van der Waals surface area contributed by atoms with E-state index in [9.17, 15) is 14.4 Å². The second kappa shape index (κ2) is 4.08. The molecule has 0 aromatic heterocycles. The Bertz CT molecular complexity index is 561. The van der Waals surface area contributed by atoms with Crippen molar-refractivity contribution < 1.29 is 24.0 Å². The van der Waals surface area contributed by atoms with Crippen molar-refractivity contribution >= 4 is 18.0 Å². The van der Waals surface area contributed by atoms with Gasteiger partial charge in [0.15, 0.2) is 0 Å². The van der Waals surface area contributed by atoms with Crippen LogP contribution in [0, 0.1) is 23.2 Å². The third-order valence-electron chi connectivity index (χ3n) is 4.62. The normalized spacial score (nSPS) is 37.1. The summed E-state index contributed by atoms with van der Waals surface area (Å²) in [4.78, 5) is 41.1. The fourth-order valence-electron chi connectivity index (χ4n) is 3.52. The zero-order chi connectivity index (χ0) is 15.6. The number of rotatable bonds is 1. The molecule has 3 rings (SSSR count). The zero-order valence-corrected chi connectivity index (χ0v) is 12.6. The van der Waals surface area contributed by atoms with Gasteiger partial charge in [0.25, 0.3) is 11.8 Å². The Morgan fingerprint density at radius 2 is 2.05 bits per heavy atom. The lowest BCUT2D eigenvalue weighted by molar-refractivity contribution is -0.188. The van der Waals surface area contributed by atoms with Crippen LogP contribution in [0.1, 0.15) is 34.1 Å². The lowest BCUT2D eigenvalue weighted by Crippen LogP contribution is -2.40. The topological polar surface area (TPSA) is 72.9 Å². The number of carbonyl (C=O) groups excluding carboxylic acids is 3. The quantitative estimate of drug-likeness (QED) is 0.420. The van der Waals surface area contributed by atoms with Gasteiger partial charge in [-0.25, -0.2) is 4.79 Å². The molecular weight excluding hydrogens is 274 g/mol. The van der Waals surface area contributed by atoms with E-state index in [0.717, 1.165) is 0 Å². The summed E-state index contributed by atoms with van der Waals surface area (Å²) in [6.45, 7) is 7.04. The van der Waals surface area contributed by atoms with E-state index < -0.39 is 23.6 Å². The maximum atomic E-state index is 12.4. The summed E-state index contributed by atoms with van der Waals surface area (Å²) in [6.07, 6.45) is 3.12. The number of hydroxylamine groups is 2. The number of hydrogen-bond donors (Lipinski definition) is 0. The van der Waals surface area contributed by atoms with Crippen LogP contribution in [0.4, 0.5) is 4.79 Å². The van der Waals surface area contributed by atoms with Crippen molar-refractivity contribution in [3.8, 4) is 0 Å². The molecule has 6 heteroatoms. The lowest BCUT2D eigenvalue weighted by atomic mass is 9.74. The third-order valence-corrected chi connectivity index (χ3v) is 4.62. The molecule has 0 N–H and O–H groups in total. The minimum atomic E-state index is -1.03. The van der Waals surface area contributed by atoms with E-state index in [2.05, 4.69) is 0 Å². The summed E-state index contributed by atoms with van der Waals surface area (Å²) >= 11 is 0. The van der Waals surface area contributed by atoms with E-state index in [4.69, 9.17) is 9.57 Å². The van der Waals surface area contributed by atoms with Crippen molar-refractivity contribution in [2.45, 2.75) is 39.7 Å². The van der Waals surface area contributed by atoms with Gasteiger partial charge in [0, 0.05) is 11.8 Å². The summed E-state index contributed by atoms with van der Waals surface area (Å²) in [5.74, 6) is -0.954. The largest absolute Gasteiger partial charge is 0.534 e. The number of imide groups is 1. The standard InChI is InChI=1S/C15H19NO5/c1-8-11-12(18)16(21-13(19)20-14(2,3)4)10(17)7-9-5-6-15(8,9)11/h5-6,8-9,11H,7H2,1-4H3/t8-,9+,11?,15+/m0/s1. The lowest BCUT2D eigenvalue weighted by Gasteiger charge is -2.29. The van der Waals surface area contributed by atoms with E-state index in [1.54, 1.807) is 20.8 Å². The molecular formula is C15H19NO5. The predicted molar refractivity (Wildman–Crippen MR) is 71.5 cm³/mol. The van der Waals surface area contributed by atoms with E-state index in [1.807, 2.05) is 19.1 Å². The van der Waals surface area contributed by atoms with Gasteiger partial charge in [-0.05, 0) is 32.6 Å². The van der Waals surface area contributed by atoms with Crippen LogP contribution in [0.15, 0.2) is 12.2 Å². The molecule has 21 heavy (non-hydrogen) atoms. The van der Waals surface area contributed by atoms with Crippen molar-refractivity contribution in [1.82, 2.24) is 5.06 Å². The van der Waals surface area contributed by atoms with Gasteiger partial charge < -0.3 is 4.74 Å². The van der Waals surface area contributed by atoms with Crippen LogP contribution < -0.4 is 0 Å².